The van der Waals surface area contributed by atoms with Gasteiger partial charge in [0, 0.05) is 5.75 Å². The molecule has 1 unspecified atom stereocenters. The zero-order valence-corrected chi connectivity index (χ0v) is 11.4. The van der Waals surface area contributed by atoms with Gasteiger partial charge >= 0.3 is 0 Å². The van der Waals surface area contributed by atoms with Gasteiger partial charge in [0.2, 0.25) is 0 Å². The van der Waals surface area contributed by atoms with Gasteiger partial charge in [0.05, 0.1) is 6.07 Å². The van der Waals surface area contributed by atoms with Crippen molar-refractivity contribution in [1.82, 2.24) is 5.32 Å². The summed E-state index contributed by atoms with van der Waals surface area (Å²) in [7, 11) is 0. The third-order valence-corrected chi connectivity index (χ3v) is 3.94. The van der Waals surface area contributed by atoms with Gasteiger partial charge in [0.15, 0.2) is 0 Å². The summed E-state index contributed by atoms with van der Waals surface area (Å²) >= 11 is 1.83. The van der Waals surface area contributed by atoms with Crippen molar-refractivity contribution in [2.75, 3.05) is 18.1 Å². The highest BCUT2D eigenvalue weighted by atomic mass is 32.2. The van der Waals surface area contributed by atoms with Crippen molar-refractivity contribution >= 4 is 11.8 Å². The molecule has 0 aliphatic heterocycles. The van der Waals surface area contributed by atoms with Gasteiger partial charge in [-0.1, -0.05) is 44.2 Å². The van der Waals surface area contributed by atoms with Gasteiger partial charge < -0.3 is 0 Å². The summed E-state index contributed by atoms with van der Waals surface area (Å²) in [5.74, 6) is 1.90. The van der Waals surface area contributed by atoms with Crippen LogP contribution in [0.3, 0.4) is 0 Å². The number of nitrogens with one attached hydrogen (secondary N) is 1. The van der Waals surface area contributed by atoms with Gasteiger partial charge in [0.25, 0.3) is 0 Å². The molecule has 92 valence electrons. The molecule has 0 aliphatic rings. The monoisotopic (exact) mass is 248 g/mol. The molecule has 0 aliphatic carbocycles. The summed E-state index contributed by atoms with van der Waals surface area (Å²) in [5, 5.41) is 12.9. The molecule has 1 rings (SSSR count). The molecule has 0 bridgehead atoms. The second kappa shape index (κ2) is 7.37. The van der Waals surface area contributed by atoms with Crippen LogP contribution in [-0.2, 0) is 5.54 Å². The molecule has 0 saturated heterocycles. The molecule has 0 amide bonds. The van der Waals surface area contributed by atoms with Gasteiger partial charge in [-0.2, -0.15) is 17.0 Å². The first-order valence-electron chi connectivity index (χ1n) is 6.08. The summed E-state index contributed by atoms with van der Waals surface area (Å²) in [6, 6.07) is 12.5. The van der Waals surface area contributed by atoms with E-state index in [1.807, 2.05) is 49.0 Å². The Morgan fingerprint density at radius 3 is 2.53 bits per heavy atom. The highest BCUT2D eigenvalue weighted by Gasteiger charge is 2.30. The van der Waals surface area contributed by atoms with Crippen LogP contribution in [0.5, 0.6) is 0 Å². The Morgan fingerprint density at radius 2 is 2.00 bits per heavy atom. The fourth-order valence-electron chi connectivity index (χ4n) is 1.77. The van der Waals surface area contributed by atoms with E-state index < -0.39 is 5.54 Å². The molecule has 1 aromatic carbocycles. The SMILES string of the molecule is CCCSCC(C#N)(NCC)c1ccccc1. The zero-order chi connectivity index (χ0) is 12.6. The van der Waals surface area contributed by atoms with Gasteiger partial charge in [-0.15, -0.1) is 0 Å². The van der Waals surface area contributed by atoms with E-state index >= 15 is 0 Å². The molecule has 0 saturated carbocycles. The first-order valence-corrected chi connectivity index (χ1v) is 7.24. The fourth-order valence-corrected chi connectivity index (χ4v) is 2.84. The molecule has 17 heavy (non-hydrogen) atoms. The molecule has 0 radical (unpaired) electrons. The minimum Gasteiger partial charge on any atom is -0.295 e. The quantitative estimate of drug-likeness (QED) is 0.753. The Kier molecular flexibility index (Phi) is 6.10. The van der Waals surface area contributed by atoms with Crippen molar-refractivity contribution in [2.45, 2.75) is 25.8 Å². The number of thioether (sulfide) groups is 1. The normalized spacial score (nSPS) is 13.9. The first-order chi connectivity index (χ1) is 8.29. The number of nitrogens with zero attached hydrogens (tertiary/aromatic N) is 1. The standard InChI is InChI=1S/C14H20N2S/c1-3-10-17-12-14(11-15,16-4-2)13-8-6-5-7-9-13/h5-9,16H,3-4,10,12H2,1-2H3. The van der Waals surface area contributed by atoms with Crippen LogP contribution in [0.15, 0.2) is 30.3 Å². The van der Waals surface area contributed by atoms with E-state index in [4.69, 9.17) is 0 Å². The maximum absolute atomic E-state index is 9.53. The molecule has 0 fully saturated rings. The lowest BCUT2D eigenvalue weighted by molar-refractivity contribution is 0.490. The van der Waals surface area contributed by atoms with Crippen molar-refractivity contribution in [3.63, 3.8) is 0 Å². The predicted octanol–water partition coefficient (Wildman–Crippen LogP) is 3.16. The highest BCUT2D eigenvalue weighted by Crippen LogP contribution is 2.25. The van der Waals surface area contributed by atoms with Crippen molar-refractivity contribution in [1.29, 1.82) is 5.26 Å². The number of nitriles is 1. The van der Waals surface area contributed by atoms with Crippen LogP contribution >= 0.6 is 11.8 Å². The molecular formula is C14H20N2S. The summed E-state index contributed by atoms with van der Waals surface area (Å²) in [5.41, 5.74) is 0.517. The average molecular weight is 248 g/mol. The maximum Gasteiger partial charge on any atom is 0.141 e. The molecule has 0 heterocycles. The van der Waals surface area contributed by atoms with Crippen molar-refractivity contribution in [3.05, 3.63) is 35.9 Å². The maximum atomic E-state index is 9.53. The molecule has 1 N–H and O–H groups in total. The molecular weight excluding hydrogens is 228 g/mol. The lowest BCUT2D eigenvalue weighted by Gasteiger charge is -2.27. The molecule has 0 spiro atoms. The molecule has 1 aromatic rings. The van der Waals surface area contributed by atoms with Crippen LogP contribution < -0.4 is 5.32 Å². The number of rotatable bonds is 7. The Morgan fingerprint density at radius 1 is 1.29 bits per heavy atom. The van der Waals surface area contributed by atoms with Crippen LogP contribution in [0.4, 0.5) is 0 Å². The van der Waals surface area contributed by atoms with E-state index in [0.717, 1.165) is 30.0 Å². The smallest absolute Gasteiger partial charge is 0.141 e. The Balaban J connectivity index is 2.89. The van der Waals surface area contributed by atoms with E-state index in [0.29, 0.717) is 0 Å². The van der Waals surface area contributed by atoms with Crippen molar-refractivity contribution < 1.29 is 0 Å². The third kappa shape index (κ3) is 3.76. The number of hydrogen-bond acceptors (Lipinski definition) is 3. The summed E-state index contributed by atoms with van der Waals surface area (Å²) in [6.07, 6.45) is 1.15. The van der Waals surface area contributed by atoms with Crippen molar-refractivity contribution in [2.24, 2.45) is 0 Å². The second-order valence-electron chi connectivity index (χ2n) is 3.97. The fraction of sp³-hybridized carbons (Fsp3) is 0.500. The highest BCUT2D eigenvalue weighted by molar-refractivity contribution is 7.99. The molecule has 0 aromatic heterocycles. The van der Waals surface area contributed by atoms with Crippen molar-refractivity contribution in [3.8, 4) is 6.07 Å². The van der Waals surface area contributed by atoms with Crippen LogP contribution in [0, 0.1) is 11.3 Å². The minimum absolute atomic E-state index is 0.546. The molecule has 2 nitrogen and oxygen atoms in total. The van der Waals surface area contributed by atoms with E-state index in [-0.39, 0.29) is 0 Å². The third-order valence-electron chi connectivity index (χ3n) is 2.60. The largest absolute Gasteiger partial charge is 0.295 e. The van der Waals surface area contributed by atoms with Gasteiger partial charge in [-0.25, -0.2) is 0 Å². The predicted molar refractivity (Wildman–Crippen MR) is 75.0 cm³/mol. The van der Waals surface area contributed by atoms with E-state index in [1.54, 1.807) is 0 Å². The van der Waals surface area contributed by atoms with Gasteiger partial charge in [-0.05, 0) is 24.3 Å². The lowest BCUT2D eigenvalue weighted by Crippen LogP contribution is -2.43. The average Bonchev–Trinajstić information content (AvgIpc) is 2.39. The second-order valence-corrected chi connectivity index (χ2v) is 5.07. The first kappa shape index (κ1) is 14.1. The Hall–Kier alpha value is -0.980. The van der Waals surface area contributed by atoms with E-state index in [2.05, 4.69) is 18.3 Å². The number of hydrogen-bond donors (Lipinski definition) is 1. The van der Waals surface area contributed by atoms with E-state index in [1.165, 1.54) is 0 Å². The lowest BCUT2D eigenvalue weighted by atomic mass is 9.93. The Bertz CT molecular complexity index is 358. The van der Waals surface area contributed by atoms with E-state index in [9.17, 15) is 5.26 Å². The molecule has 3 heteroatoms. The van der Waals surface area contributed by atoms with Crippen LogP contribution in [0.1, 0.15) is 25.8 Å². The van der Waals surface area contributed by atoms with Gasteiger partial charge in [-0.3, -0.25) is 5.32 Å². The Labute approximate surface area is 108 Å². The van der Waals surface area contributed by atoms with Gasteiger partial charge in [0.1, 0.15) is 5.54 Å². The van der Waals surface area contributed by atoms with Crippen LogP contribution in [-0.4, -0.2) is 18.1 Å². The number of benzene rings is 1. The summed E-state index contributed by atoms with van der Waals surface area (Å²) < 4.78 is 0. The summed E-state index contributed by atoms with van der Waals surface area (Å²) in [6.45, 7) is 5.01. The molecule has 1 atom stereocenters. The zero-order valence-electron chi connectivity index (χ0n) is 10.6. The minimum atomic E-state index is -0.546. The van der Waals surface area contributed by atoms with Crippen LogP contribution in [0.25, 0.3) is 0 Å². The van der Waals surface area contributed by atoms with Crippen LogP contribution in [0.2, 0.25) is 0 Å². The summed E-state index contributed by atoms with van der Waals surface area (Å²) in [4.78, 5) is 0. The topological polar surface area (TPSA) is 35.8 Å².